The van der Waals surface area contributed by atoms with Crippen LogP contribution in [0.2, 0.25) is 0 Å². The molecule has 1 aromatic heterocycles. The Balaban J connectivity index is 2.95. The number of methoxy groups -OCH3 is 1. The molecule has 0 radical (unpaired) electrons. The number of pyridine rings is 1. The molecule has 19 heavy (non-hydrogen) atoms. The van der Waals surface area contributed by atoms with Crippen LogP contribution in [0.25, 0.3) is 0 Å². The highest BCUT2D eigenvalue weighted by molar-refractivity contribution is 5.98. The molecule has 5 heteroatoms. The number of rotatable bonds is 5. The smallest absolute Gasteiger partial charge is 0.331 e. The van der Waals surface area contributed by atoms with Gasteiger partial charge in [0.05, 0.1) is 12.7 Å². The van der Waals surface area contributed by atoms with Gasteiger partial charge >= 0.3 is 5.97 Å². The van der Waals surface area contributed by atoms with Crippen LogP contribution in [0.3, 0.4) is 0 Å². The van der Waals surface area contributed by atoms with E-state index < -0.39 is 11.5 Å². The Morgan fingerprint density at radius 1 is 1.47 bits per heavy atom. The van der Waals surface area contributed by atoms with E-state index in [0.717, 1.165) is 6.42 Å². The Kier molecular flexibility index (Phi) is 5.03. The van der Waals surface area contributed by atoms with E-state index in [0.29, 0.717) is 17.7 Å². The summed E-state index contributed by atoms with van der Waals surface area (Å²) in [5.74, 6) is -0.754. The van der Waals surface area contributed by atoms with Crippen LogP contribution in [-0.4, -0.2) is 29.5 Å². The molecule has 5 nitrogen and oxygen atoms in total. The molecule has 0 aliphatic rings. The van der Waals surface area contributed by atoms with Crippen LogP contribution in [0.4, 0.5) is 0 Å². The van der Waals surface area contributed by atoms with Gasteiger partial charge in [-0.2, -0.15) is 0 Å². The van der Waals surface area contributed by atoms with Crippen LogP contribution in [0.15, 0.2) is 18.3 Å². The number of amides is 1. The molecule has 1 heterocycles. The third-order valence-electron chi connectivity index (χ3n) is 3.03. The quantitative estimate of drug-likeness (QED) is 0.824. The van der Waals surface area contributed by atoms with Gasteiger partial charge in [0, 0.05) is 11.9 Å². The molecule has 1 N–H and O–H groups in total. The van der Waals surface area contributed by atoms with Gasteiger partial charge in [0.15, 0.2) is 0 Å². The molecule has 0 saturated carbocycles. The summed E-state index contributed by atoms with van der Waals surface area (Å²) in [5, 5.41) is 2.75. The topological polar surface area (TPSA) is 68.3 Å². The van der Waals surface area contributed by atoms with E-state index in [4.69, 9.17) is 4.74 Å². The monoisotopic (exact) mass is 264 g/mol. The minimum atomic E-state index is -1.01. The number of hydrogen-bond acceptors (Lipinski definition) is 4. The van der Waals surface area contributed by atoms with E-state index in [9.17, 15) is 9.59 Å². The largest absolute Gasteiger partial charge is 0.467 e. The summed E-state index contributed by atoms with van der Waals surface area (Å²) in [5.41, 5.74) is 0.0838. The molecule has 0 spiro atoms. The molecule has 0 aromatic carbocycles. The lowest BCUT2D eigenvalue weighted by Gasteiger charge is -2.27. The summed E-state index contributed by atoms with van der Waals surface area (Å²) >= 11 is 0. The molecule has 1 rings (SSSR count). The van der Waals surface area contributed by atoms with Gasteiger partial charge in [-0.3, -0.25) is 9.78 Å². The molecule has 0 fully saturated rings. The van der Waals surface area contributed by atoms with Gasteiger partial charge in [-0.25, -0.2) is 4.79 Å². The van der Waals surface area contributed by atoms with Crippen molar-refractivity contribution in [1.82, 2.24) is 10.3 Å². The Labute approximate surface area is 113 Å². The first-order valence-electron chi connectivity index (χ1n) is 6.27. The summed E-state index contributed by atoms with van der Waals surface area (Å²) in [6.45, 7) is 5.37. The standard InChI is InChI=1S/C14H20N2O3/c1-5-8-14(3,13(18)19-4)16-12(17)11-7-6-9-15-10(11)2/h6-7,9H,5,8H2,1-4H3,(H,16,17). The summed E-state index contributed by atoms with van der Waals surface area (Å²) < 4.78 is 4.77. The second-order valence-corrected chi connectivity index (χ2v) is 4.66. The third-order valence-corrected chi connectivity index (χ3v) is 3.03. The number of aromatic nitrogens is 1. The van der Waals surface area contributed by atoms with Gasteiger partial charge in [-0.1, -0.05) is 13.3 Å². The molecule has 1 amide bonds. The zero-order valence-corrected chi connectivity index (χ0v) is 11.8. The number of nitrogens with zero attached hydrogens (tertiary/aromatic N) is 1. The molecule has 0 bridgehead atoms. The maximum atomic E-state index is 12.2. The lowest BCUT2D eigenvalue weighted by Crippen LogP contribution is -2.52. The highest BCUT2D eigenvalue weighted by atomic mass is 16.5. The molecule has 0 aliphatic carbocycles. The fourth-order valence-electron chi connectivity index (χ4n) is 1.98. The van der Waals surface area contributed by atoms with Crippen molar-refractivity contribution >= 4 is 11.9 Å². The number of carbonyl (C=O) groups excluding carboxylic acids is 2. The van der Waals surface area contributed by atoms with Crippen LogP contribution in [0.1, 0.15) is 42.7 Å². The zero-order valence-electron chi connectivity index (χ0n) is 11.8. The third kappa shape index (κ3) is 3.53. The Morgan fingerprint density at radius 3 is 2.68 bits per heavy atom. The molecular weight excluding hydrogens is 244 g/mol. The molecule has 1 atom stereocenters. The normalized spacial score (nSPS) is 13.5. The lowest BCUT2D eigenvalue weighted by atomic mass is 9.95. The predicted molar refractivity (Wildman–Crippen MR) is 71.8 cm³/mol. The SMILES string of the molecule is CCCC(C)(NC(=O)c1cccnc1C)C(=O)OC. The molecule has 1 aromatic rings. The van der Waals surface area contributed by atoms with E-state index >= 15 is 0 Å². The molecular formula is C14H20N2O3. The van der Waals surface area contributed by atoms with E-state index in [-0.39, 0.29) is 5.91 Å². The number of ether oxygens (including phenoxy) is 1. The predicted octanol–water partition coefficient (Wildman–Crippen LogP) is 1.85. The van der Waals surface area contributed by atoms with Gasteiger partial charge in [0.1, 0.15) is 5.54 Å². The maximum Gasteiger partial charge on any atom is 0.331 e. The highest BCUT2D eigenvalue weighted by Gasteiger charge is 2.35. The maximum absolute atomic E-state index is 12.2. The van der Waals surface area contributed by atoms with E-state index in [1.54, 1.807) is 32.2 Å². The number of nitrogens with one attached hydrogen (secondary N) is 1. The molecule has 1 unspecified atom stereocenters. The highest BCUT2D eigenvalue weighted by Crippen LogP contribution is 2.16. The lowest BCUT2D eigenvalue weighted by molar-refractivity contribution is -0.147. The van der Waals surface area contributed by atoms with Crippen molar-refractivity contribution in [1.29, 1.82) is 0 Å². The fraction of sp³-hybridized carbons (Fsp3) is 0.500. The number of aryl methyl sites for hydroxylation is 1. The van der Waals surface area contributed by atoms with E-state index in [2.05, 4.69) is 10.3 Å². The summed E-state index contributed by atoms with van der Waals surface area (Å²) in [6.07, 6.45) is 2.90. The first kappa shape index (κ1) is 15.1. The average molecular weight is 264 g/mol. The molecule has 104 valence electrons. The van der Waals surface area contributed by atoms with Gasteiger partial charge in [0.25, 0.3) is 5.91 Å². The van der Waals surface area contributed by atoms with Gasteiger partial charge in [-0.15, -0.1) is 0 Å². The first-order valence-corrected chi connectivity index (χ1v) is 6.27. The van der Waals surface area contributed by atoms with Crippen molar-refractivity contribution in [3.05, 3.63) is 29.6 Å². The van der Waals surface area contributed by atoms with Crippen molar-refractivity contribution in [2.75, 3.05) is 7.11 Å². The zero-order chi connectivity index (χ0) is 14.5. The minimum absolute atomic E-state index is 0.313. The van der Waals surface area contributed by atoms with E-state index in [1.807, 2.05) is 6.92 Å². The summed E-state index contributed by atoms with van der Waals surface area (Å²) in [7, 11) is 1.32. The van der Waals surface area contributed by atoms with Crippen molar-refractivity contribution in [3.63, 3.8) is 0 Å². The average Bonchev–Trinajstić information content (AvgIpc) is 2.38. The summed E-state index contributed by atoms with van der Waals surface area (Å²) in [4.78, 5) is 28.1. The Bertz CT molecular complexity index is 474. The summed E-state index contributed by atoms with van der Waals surface area (Å²) in [6, 6.07) is 3.37. The number of esters is 1. The van der Waals surface area contributed by atoms with Crippen LogP contribution in [0.5, 0.6) is 0 Å². The molecule has 0 aliphatic heterocycles. The van der Waals surface area contributed by atoms with Crippen LogP contribution in [-0.2, 0) is 9.53 Å². The molecule has 0 saturated heterocycles. The first-order chi connectivity index (χ1) is 8.94. The van der Waals surface area contributed by atoms with Gasteiger partial charge in [0.2, 0.25) is 0 Å². The number of hydrogen-bond donors (Lipinski definition) is 1. The second kappa shape index (κ2) is 6.31. The second-order valence-electron chi connectivity index (χ2n) is 4.66. The fourth-order valence-corrected chi connectivity index (χ4v) is 1.98. The number of carbonyl (C=O) groups is 2. The Hall–Kier alpha value is -1.91. The van der Waals surface area contributed by atoms with Gasteiger partial charge in [-0.05, 0) is 32.4 Å². The minimum Gasteiger partial charge on any atom is -0.467 e. The van der Waals surface area contributed by atoms with E-state index in [1.165, 1.54) is 7.11 Å². The Morgan fingerprint density at radius 2 is 2.16 bits per heavy atom. The van der Waals surface area contributed by atoms with Gasteiger partial charge < -0.3 is 10.1 Å². The van der Waals surface area contributed by atoms with Crippen molar-refractivity contribution < 1.29 is 14.3 Å². The van der Waals surface area contributed by atoms with Crippen molar-refractivity contribution in [2.24, 2.45) is 0 Å². The van der Waals surface area contributed by atoms with Crippen LogP contribution in [0, 0.1) is 6.92 Å². The van der Waals surface area contributed by atoms with Crippen molar-refractivity contribution in [3.8, 4) is 0 Å². The van der Waals surface area contributed by atoms with Crippen LogP contribution < -0.4 is 5.32 Å². The van der Waals surface area contributed by atoms with Crippen molar-refractivity contribution in [2.45, 2.75) is 39.2 Å². The van der Waals surface area contributed by atoms with Crippen LogP contribution >= 0.6 is 0 Å².